The van der Waals surface area contributed by atoms with Gasteiger partial charge in [-0.1, -0.05) is 28.1 Å². The highest BCUT2D eigenvalue weighted by Crippen LogP contribution is 2.13. The summed E-state index contributed by atoms with van der Waals surface area (Å²) in [4.78, 5) is 0. The van der Waals surface area contributed by atoms with Crippen molar-refractivity contribution >= 4 is 26.0 Å². The molecular formula is C10H15BrN2O2S. The van der Waals surface area contributed by atoms with E-state index in [4.69, 9.17) is 5.73 Å². The van der Waals surface area contributed by atoms with Crippen LogP contribution >= 0.6 is 15.9 Å². The van der Waals surface area contributed by atoms with E-state index in [1.807, 2.05) is 24.3 Å². The Kier molecular flexibility index (Phi) is 4.91. The summed E-state index contributed by atoms with van der Waals surface area (Å²) in [5.74, 6) is -0.0139. The first-order chi connectivity index (χ1) is 7.45. The maximum atomic E-state index is 11.6. The summed E-state index contributed by atoms with van der Waals surface area (Å²) >= 11 is 3.33. The lowest BCUT2D eigenvalue weighted by molar-refractivity contribution is 0.467. The van der Waals surface area contributed by atoms with Gasteiger partial charge in [0.05, 0.1) is 5.75 Å². The van der Waals surface area contributed by atoms with Gasteiger partial charge in [0.15, 0.2) is 0 Å². The molecule has 4 nitrogen and oxygen atoms in total. The number of nitrogens with two attached hydrogens (primary N) is 1. The number of benzene rings is 1. The zero-order chi connectivity index (χ0) is 12.2. The zero-order valence-electron chi connectivity index (χ0n) is 9.06. The van der Waals surface area contributed by atoms with Crippen molar-refractivity contribution in [1.82, 2.24) is 4.31 Å². The highest BCUT2D eigenvalue weighted by molar-refractivity contribution is 9.10. The first-order valence-electron chi connectivity index (χ1n) is 4.84. The predicted molar refractivity (Wildman–Crippen MR) is 68.5 cm³/mol. The van der Waals surface area contributed by atoms with Crippen molar-refractivity contribution in [2.45, 2.75) is 6.54 Å². The van der Waals surface area contributed by atoms with E-state index in [1.165, 1.54) is 4.31 Å². The molecule has 0 fully saturated rings. The smallest absolute Gasteiger partial charge is 0.215 e. The fourth-order valence-electron chi connectivity index (χ4n) is 1.25. The molecule has 0 unspecified atom stereocenters. The Hall–Kier alpha value is -0.430. The van der Waals surface area contributed by atoms with E-state index >= 15 is 0 Å². The molecule has 0 bridgehead atoms. The summed E-state index contributed by atoms with van der Waals surface area (Å²) in [6, 6.07) is 7.55. The lowest BCUT2D eigenvalue weighted by Crippen LogP contribution is -2.31. The number of rotatable bonds is 5. The minimum atomic E-state index is -3.22. The molecule has 0 aliphatic heterocycles. The average molecular weight is 307 g/mol. The van der Waals surface area contributed by atoms with Gasteiger partial charge >= 0.3 is 0 Å². The summed E-state index contributed by atoms with van der Waals surface area (Å²) in [6.07, 6.45) is 0. The third kappa shape index (κ3) is 3.86. The fourth-order valence-corrected chi connectivity index (χ4v) is 2.47. The van der Waals surface area contributed by atoms with Gasteiger partial charge < -0.3 is 5.73 Å². The van der Waals surface area contributed by atoms with Crippen molar-refractivity contribution in [3.8, 4) is 0 Å². The summed E-state index contributed by atoms with van der Waals surface area (Å²) < 4.78 is 25.6. The monoisotopic (exact) mass is 306 g/mol. The molecule has 2 N–H and O–H groups in total. The van der Waals surface area contributed by atoms with Gasteiger partial charge in [0.2, 0.25) is 10.0 Å². The maximum Gasteiger partial charge on any atom is 0.215 e. The zero-order valence-corrected chi connectivity index (χ0v) is 11.5. The van der Waals surface area contributed by atoms with E-state index in [0.29, 0.717) is 6.54 Å². The Labute approximate surface area is 105 Å². The number of sulfonamides is 1. The molecule has 0 saturated carbocycles. The van der Waals surface area contributed by atoms with Crippen molar-refractivity contribution in [3.05, 3.63) is 34.3 Å². The van der Waals surface area contributed by atoms with Crippen LogP contribution in [0.3, 0.4) is 0 Å². The summed E-state index contributed by atoms with van der Waals surface area (Å²) in [6.45, 7) is 0.516. The van der Waals surface area contributed by atoms with Crippen LogP contribution in [-0.2, 0) is 16.6 Å². The van der Waals surface area contributed by atoms with Crippen LogP contribution in [0, 0.1) is 0 Å². The van der Waals surface area contributed by atoms with Gasteiger partial charge in [-0.2, -0.15) is 0 Å². The van der Waals surface area contributed by atoms with E-state index in [1.54, 1.807) is 7.05 Å². The molecular weight excluding hydrogens is 292 g/mol. The number of halogens is 1. The molecule has 0 aliphatic rings. The van der Waals surface area contributed by atoms with Gasteiger partial charge in [0.1, 0.15) is 0 Å². The molecule has 1 aromatic carbocycles. The van der Waals surface area contributed by atoms with Crippen LogP contribution in [0.1, 0.15) is 5.56 Å². The van der Waals surface area contributed by atoms with Crippen LogP contribution < -0.4 is 5.73 Å². The predicted octanol–water partition coefficient (Wildman–Crippen LogP) is 1.17. The van der Waals surface area contributed by atoms with Crippen LogP contribution in [0.4, 0.5) is 0 Å². The highest BCUT2D eigenvalue weighted by Gasteiger charge is 2.16. The van der Waals surface area contributed by atoms with Crippen molar-refractivity contribution in [2.24, 2.45) is 5.73 Å². The van der Waals surface area contributed by atoms with Gasteiger partial charge in [-0.25, -0.2) is 12.7 Å². The Balaban J connectivity index is 2.71. The lowest BCUT2D eigenvalue weighted by Gasteiger charge is -2.16. The first-order valence-corrected chi connectivity index (χ1v) is 7.24. The largest absolute Gasteiger partial charge is 0.329 e. The van der Waals surface area contributed by atoms with Gasteiger partial charge in [0, 0.05) is 24.6 Å². The molecule has 0 heterocycles. The number of hydrogen-bond acceptors (Lipinski definition) is 3. The Bertz CT molecular complexity index is 431. The molecule has 16 heavy (non-hydrogen) atoms. The molecule has 0 aromatic heterocycles. The molecule has 0 radical (unpaired) electrons. The van der Waals surface area contributed by atoms with Crippen LogP contribution in [0.25, 0.3) is 0 Å². The Morgan fingerprint density at radius 2 is 1.88 bits per heavy atom. The van der Waals surface area contributed by atoms with E-state index in [0.717, 1.165) is 10.0 Å². The van der Waals surface area contributed by atoms with E-state index < -0.39 is 10.0 Å². The van der Waals surface area contributed by atoms with Crippen molar-refractivity contribution in [1.29, 1.82) is 0 Å². The van der Waals surface area contributed by atoms with E-state index in [9.17, 15) is 8.42 Å². The quantitative estimate of drug-likeness (QED) is 0.888. The summed E-state index contributed by atoms with van der Waals surface area (Å²) in [7, 11) is -1.66. The topological polar surface area (TPSA) is 63.4 Å². The van der Waals surface area contributed by atoms with Crippen LogP contribution in [0.2, 0.25) is 0 Å². The average Bonchev–Trinajstić information content (AvgIpc) is 2.21. The number of nitrogens with zero attached hydrogens (tertiary/aromatic N) is 1. The summed E-state index contributed by atoms with van der Waals surface area (Å²) in [5, 5.41) is 0. The fraction of sp³-hybridized carbons (Fsp3) is 0.400. The van der Waals surface area contributed by atoms with Crippen LogP contribution in [0.15, 0.2) is 28.7 Å². The summed E-state index contributed by atoms with van der Waals surface area (Å²) in [5.41, 5.74) is 6.20. The van der Waals surface area contributed by atoms with Crippen molar-refractivity contribution in [2.75, 3.05) is 19.3 Å². The van der Waals surface area contributed by atoms with E-state index in [2.05, 4.69) is 15.9 Å². The third-order valence-electron chi connectivity index (χ3n) is 2.17. The highest BCUT2D eigenvalue weighted by atomic mass is 79.9. The van der Waals surface area contributed by atoms with Gasteiger partial charge in [-0.15, -0.1) is 0 Å². The van der Waals surface area contributed by atoms with E-state index in [-0.39, 0.29) is 12.3 Å². The minimum absolute atomic E-state index is 0.0139. The second kappa shape index (κ2) is 5.77. The van der Waals surface area contributed by atoms with Crippen molar-refractivity contribution in [3.63, 3.8) is 0 Å². The minimum Gasteiger partial charge on any atom is -0.329 e. The second-order valence-corrected chi connectivity index (χ2v) is 6.60. The normalized spacial score (nSPS) is 12.0. The molecule has 0 saturated heterocycles. The van der Waals surface area contributed by atoms with Gasteiger partial charge in [-0.3, -0.25) is 0 Å². The molecule has 0 spiro atoms. The molecule has 0 amide bonds. The Morgan fingerprint density at radius 3 is 2.38 bits per heavy atom. The molecule has 1 rings (SSSR count). The second-order valence-electron chi connectivity index (χ2n) is 3.49. The molecule has 0 atom stereocenters. The SMILES string of the molecule is CN(Cc1ccc(Br)cc1)S(=O)(=O)CCN. The molecule has 6 heteroatoms. The van der Waals surface area contributed by atoms with Crippen LogP contribution in [0.5, 0.6) is 0 Å². The molecule has 1 aromatic rings. The van der Waals surface area contributed by atoms with Gasteiger partial charge in [0.25, 0.3) is 0 Å². The number of hydrogen-bond donors (Lipinski definition) is 1. The third-order valence-corrected chi connectivity index (χ3v) is 4.53. The van der Waals surface area contributed by atoms with Gasteiger partial charge in [-0.05, 0) is 17.7 Å². The maximum absolute atomic E-state index is 11.6. The Morgan fingerprint density at radius 1 is 1.31 bits per heavy atom. The standard InChI is InChI=1S/C10H15BrN2O2S/c1-13(16(14,15)7-6-12)8-9-2-4-10(11)5-3-9/h2-5H,6-8,12H2,1H3. The molecule has 90 valence electrons. The first kappa shape index (κ1) is 13.6. The van der Waals surface area contributed by atoms with Crippen LogP contribution in [-0.4, -0.2) is 32.1 Å². The lowest BCUT2D eigenvalue weighted by atomic mass is 10.2. The molecule has 0 aliphatic carbocycles. The van der Waals surface area contributed by atoms with Crippen molar-refractivity contribution < 1.29 is 8.42 Å².